The average Bonchev–Trinajstić information content (AvgIpc) is 2.74. The molecule has 0 spiro atoms. The Labute approximate surface area is 133 Å². The van der Waals surface area contributed by atoms with Crippen LogP contribution in [0.4, 0.5) is 0 Å². The van der Waals surface area contributed by atoms with Crippen LogP contribution in [0.15, 0.2) is 30.3 Å². The van der Waals surface area contributed by atoms with E-state index in [0.717, 1.165) is 18.4 Å². The van der Waals surface area contributed by atoms with Gasteiger partial charge in [0.05, 0.1) is 6.04 Å². The molecule has 3 heteroatoms. The number of likely N-dealkylation sites (tertiary alicyclic amines) is 1. The Morgan fingerprint density at radius 1 is 1.23 bits per heavy atom. The molecule has 0 aliphatic carbocycles. The van der Waals surface area contributed by atoms with Gasteiger partial charge in [-0.3, -0.25) is 14.5 Å². The molecule has 3 nitrogen and oxygen atoms in total. The minimum atomic E-state index is -0.546. The summed E-state index contributed by atoms with van der Waals surface area (Å²) in [5.41, 5.74) is 0.509. The van der Waals surface area contributed by atoms with Crippen molar-refractivity contribution in [1.29, 1.82) is 0 Å². The van der Waals surface area contributed by atoms with Gasteiger partial charge in [-0.05, 0) is 24.3 Å². The zero-order valence-electron chi connectivity index (χ0n) is 14.3. The quantitative estimate of drug-likeness (QED) is 0.839. The van der Waals surface area contributed by atoms with Crippen molar-refractivity contribution in [3.63, 3.8) is 0 Å². The number of hydrogen-bond acceptors (Lipinski definition) is 2. The summed E-state index contributed by atoms with van der Waals surface area (Å²) in [4.78, 5) is 27.1. The molecule has 120 valence electrons. The Hall–Kier alpha value is -1.64. The molecular formula is C19H27NO2. The zero-order valence-corrected chi connectivity index (χ0v) is 14.3. The van der Waals surface area contributed by atoms with Crippen molar-refractivity contribution in [1.82, 2.24) is 4.90 Å². The molecule has 22 heavy (non-hydrogen) atoms. The summed E-state index contributed by atoms with van der Waals surface area (Å²) in [6, 6.07) is 9.80. The van der Waals surface area contributed by atoms with Gasteiger partial charge in [0.2, 0.25) is 11.8 Å². The number of hydrogen-bond donors (Lipinski definition) is 0. The normalized spacial score (nSPS) is 22.5. The van der Waals surface area contributed by atoms with E-state index in [0.29, 0.717) is 5.92 Å². The SMILES string of the molecule is CC(C)C[C@@H]1C[C@@H](c2ccccc2)N(C(=O)C(C)(C)C)C1=O. The van der Waals surface area contributed by atoms with Crippen molar-refractivity contribution in [3.05, 3.63) is 35.9 Å². The van der Waals surface area contributed by atoms with E-state index < -0.39 is 5.41 Å². The highest BCUT2D eigenvalue weighted by Gasteiger charge is 2.46. The van der Waals surface area contributed by atoms with Crippen LogP contribution in [0.25, 0.3) is 0 Å². The molecule has 1 aromatic rings. The molecule has 1 aromatic carbocycles. The Bertz CT molecular complexity index is 542. The monoisotopic (exact) mass is 301 g/mol. The highest BCUT2D eigenvalue weighted by molar-refractivity contribution is 6.00. The molecule has 2 amide bonds. The zero-order chi connectivity index (χ0) is 16.5. The van der Waals surface area contributed by atoms with Crippen molar-refractivity contribution in [2.45, 2.75) is 53.5 Å². The van der Waals surface area contributed by atoms with E-state index in [1.165, 1.54) is 4.90 Å². The van der Waals surface area contributed by atoms with Crippen LogP contribution in [0.3, 0.4) is 0 Å². The fourth-order valence-electron chi connectivity index (χ4n) is 3.16. The van der Waals surface area contributed by atoms with Crippen LogP contribution < -0.4 is 0 Å². The first-order valence-corrected chi connectivity index (χ1v) is 8.14. The molecule has 2 atom stereocenters. The Morgan fingerprint density at radius 2 is 1.82 bits per heavy atom. The van der Waals surface area contributed by atoms with E-state index in [1.54, 1.807) is 0 Å². The fourth-order valence-corrected chi connectivity index (χ4v) is 3.16. The lowest BCUT2D eigenvalue weighted by atomic mass is 9.92. The standard InChI is InChI=1S/C19H27NO2/c1-13(2)11-15-12-16(14-9-7-6-8-10-14)20(17(15)21)18(22)19(3,4)5/h6-10,13,15-16H,11-12H2,1-5H3/t15-,16+/m1/s1. The summed E-state index contributed by atoms with van der Waals surface area (Å²) in [5, 5.41) is 0. The third kappa shape index (κ3) is 3.40. The number of benzene rings is 1. The maximum Gasteiger partial charge on any atom is 0.235 e. The highest BCUT2D eigenvalue weighted by atomic mass is 16.2. The van der Waals surface area contributed by atoms with Gasteiger partial charge in [0.25, 0.3) is 0 Å². The van der Waals surface area contributed by atoms with Crippen molar-refractivity contribution >= 4 is 11.8 Å². The minimum Gasteiger partial charge on any atom is -0.274 e. The molecule has 0 radical (unpaired) electrons. The molecule has 0 aromatic heterocycles. The lowest BCUT2D eigenvalue weighted by Crippen LogP contribution is -2.42. The molecule has 0 N–H and O–H groups in total. The molecule has 1 saturated heterocycles. The second-order valence-electron chi connectivity index (χ2n) is 7.75. The predicted molar refractivity (Wildman–Crippen MR) is 88.1 cm³/mol. The van der Waals surface area contributed by atoms with Gasteiger partial charge in [0.15, 0.2) is 0 Å². The second-order valence-corrected chi connectivity index (χ2v) is 7.75. The van der Waals surface area contributed by atoms with Gasteiger partial charge < -0.3 is 0 Å². The third-order valence-electron chi connectivity index (χ3n) is 4.21. The maximum atomic E-state index is 12.8. The molecule has 0 bridgehead atoms. The van der Waals surface area contributed by atoms with Crippen molar-refractivity contribution in [3.8, 4) is 0 Å². The van der Waals surface area contributed by atoms with E-state index in [9.17, 15) is 9.59 Å². The van der Waals surface area contributed by atoms with Gasteiger partial charge in [-0.2, -0.15) is 0 Å². The number of nitrogens with zero attached hydrogens (tertiary/aromatic N) is 1. The number of carbonyl (C=O) groups excluding carboxylic acids is 2. The maximum absolute atomic E-state index is 12.8. The molecule has 1 aliphatic heterocycles. The summed E-state index contributed by atoms with van der Waals surface area (Å²) < 4.78 is 0. The van der Waals surface area contributed by atoms with Crippen molar-refractivity contribution < 1.29 is 9.59 Å². The average molecular weight is 301 g/mol. The van der Waals surface area contributed by atoms with Crippen LogP contribution in [0.1, 0.15) is 59.1 Å². The highest BCUT2D eigenvalue weighted by Crippen LogP contribution is 2.41. The van der Waals surface area contributed by atoms with Crippen LogP contribution >= 0.6 is 0 Å². The smallest absolute Gasteiger partial charge is 0.235 e. The number of amides is 2. The van der Waals surface area contributed by atoms with E-state index >= 15 is 0 Å². The molecule has 0 unspecified atom stereocenters. The molecule has 1 aliphatic rings. The third-order valence-corrected chi connectivity index (χ3v) is 4.21. The van der Waals surface area contributed by atoms with Crippen LogP contribution in [0.2, 0.25) is 0 Å². The molecule has 1 heterocycles. The van der Waals surface area contributed by atoms with Crippen LogP contribution in [-0.4, -0.2) is 16.7 Å². The lowest BCUT2D eigenvalue weighted by molar-refractivity contribution is -0.151. The van der Waals surface area contributed by atoms with E-state index in [4.69, 9.17) is 0 Å². The Morgan fingerprint density at radius 3 is 2.32 bits per heavy atom. The van der Waals surface area contributed by atoms with Gasteiger partial charge in [-0.1, -0.05) is 65.0 Å². The van der Waals surface area contributed by atoms with Crippen LogP contribution in [0, 0.1) is 17.3 Å². The molecule has 2 rings (SSSR count). The number of rotatable bonds is 3. The van der Waals surface area contributed by atoms with Gasteiger partial charge in [0.1, 0.15) is 0 Å². The van der Waals surface area contributed by atoms with Crippen molar-refractivity contribution in [2.24, 2.45) is 17.3 Å². The summed E-state index contributed by atoms with van der Waals surface area (Å²) >= 11 is 0. The Balaban J connectivity index is 2.36. The van der Waals surface area contributed by atoms with Gasteiger partial charge in [-0.15, -0.1) is 0 Å². The lowest BCUT2D eigenvalue weighted by Gasteiger charge is -2.29. The van der Waals surface area contributed by atoms with E-state index in [2.05, 4.69) is 13.8 Å². The molecular weight excluding hydrogens is 274 g/mol. The summed E-state index contributed by atoms with van der Waals surface area (Å²) in [5.74, 6) is 0.339. The topological polar surface area (TPSA) is 37.4 Å². The minimum absolute atomic E-state index is 0.00229. The summed E-state index contributed by atoms with van der Waals surface area (Å²) in [6.45, 7) is 9.87. The summed E-state index contributed by atoms with van der Waals surface area (Å²) in [6.07, 6.45) is 1.58. The number of imide groups is 1. The summed E-state index contributed by atoms with van der Waals surface area (Å²) in [7, 11) is 0. The van der Waals surface area contributed by atoms with Crippen molar-refractivity contribution in [2.75, 3.05) is 0 Å². The largest absolute Gasteiger partial charge is 0.274 e. The van der Waals surface area contributed by atoms with E-state index in [1.807, 2.05) is 51.1 Å². The van der Waals surface area contributed by atoms with Gasteiger partial charge in [-0.25, -0.2) is 0 Å². The molecule has 0 saturated carbocycles. The second kappa shape index (κ2) is 6.23. The first-order chi connectivity index (χ1) is 10.2. The predicted octanol–water partition coefficient (Wildman–Crippen LogP) is 4.20. The van der Waals surface area contributed by atoms with Gasteiger partial charge in [0, 0.05) is 11.3 Å². The van der Waals surface area contributed by atoms with Gasteiger partial charge >= 0.3 is 0 Å². The van der Waals surface area contributed by atoms with Crippen LogP contribution in [0.5, 0.6) is 0 Å². The number of carbonyl (C=O) groups is 2. The Kier molecular flexibility index (Phi) is 4.74. The van der Waals surface area contributed by atoms with E-state index in [-0.39, 0.29) is 23.8 Å². The van der Waals surface area contributed by atoms with Crippen LogP contribution in [-0.2, 0) is 9.59 Å². The molecule has 1 fully saturated rings. The first-order valence-electron chi connectivity index (χ1n) is 8.14. The first kappa shape index (κ1) is 16.7. The fraction of sp³-hybridized carbons (Fsp3) is 0.579.